The maximum Gasteiger partial charge on any atom is 0.490 e. The molecule has 4 rings (SSSR count). The van der Waals surface area contributed by atoms with Crippen LogP contribution in [-0.4, -0.2) is 33.0 Å². The third kappa shape index (κ3) is 5.82. The van der Waals surface area contributed by atoms with Gasteiger partial charge in [-0.15, -0.1) is 0 Å². The molecule has 0 radical (unpaired) electrons. The fourth-order valence-corrected chi connectivity index (χ4v) is 3.13. The van der Waals surface area contributed by atoms with Gasteiger partial charge in [-0.1, -0.05) is 6.07 Å². The van der Waals surface area contributed by atoms with E-state index < -0.39 is 7.12 Å². The summed E-state index contributed by atoms with van der Waals surface area (Å²) in [6, 6.07) is 15.8. The fraction of sp³-hybridized carbons (Fsp3) is 0.0870. The third-order valence-electron chi connectivity index (χ3n) is 4.86. The van der Waals surface area contributed by atoms with E-state index in [0.717, 1.165) is 5.76 Å². The van der Waals surface area contributed by atoms with Crippen molar-refractivity contribution in [2.75, 3.05) is 10.2 Å². The van der Waals surface area contributed by atoms with Crippen LogP contribution in [0, 0.1) is 5.82 Å². The summed E-state index contributed by atoms with van der Waals surface area (Å²) in [4.78, 5) is 23.1. The average molecular weight is 446 g/mol. The lowest BCUT2D eigenvalue weighted by Gasteiger charge is -2.22. The Labute approximate surface area is 189 Å². The van der Waals surface area contributed by atoms with Gasteiger partial charge in [0, 0.05) is 23.5 Å². The van der Waals surface area contributed by atoms with Gasteiger partial charge < -0.3 is 24.7 Å². The maximum atomic E-state index is 13.1. The largest absolute Gasteiger partial charge is 0.490 e. The third-order valence-corrected chi connectivity index (χ3v) is 4.86. The number of benzene rings is 1. The molecule has 0 saturated heterocycles. The molecule has 10 heteroatoms. The summed E-state index contributed by atoms with van der Waals surface area (Å²) in [5.74, 6) is 0.570. The molecule has 3 N–H and O–H groups in total. The predicted molar refractivity (Wildman–Crippen MR) is 121 cm³/mol. The van der Waals surface area contributed by atoms with E-state index in [1.807, 2.05) is 11.0 Å². The van der Waals surface area contributed by atoms with Crippen LogP contribution in [-0.2, 0) is 13.1 Å². The number of hydrogen-bond donors (Lipinski definition) is 3. The van der Waals surface area contributed by atoms with Gasteiger partial charge in [0.2, 0.25) is 0 Å². The molecule has 0 aliphatic carbocycles. The molecule has 3 aromatic heterocycles. The van der Waals surface area contributed by atoms with Crippen molar-refractivity contribution in [3.05, 3.63) is 102 Å². The van der Waals surface area contributed by atoms with Crippen LogP contribution in [0.4, 0.5) is 15.9 Å². The number of amides is 1. The summed E-state index contributed by atoms with van der Waals surface area (Å²) in [5, 5.41) is 21.2. The molecule has 1 aromatic carbocycles. The van der Waals surface area contributed by atoms with Gasteiger partial charge in [0.25, 0.3) is 5.91 Å². The first-order valence-corrected chi connectivity index (χ1v) is 10.1. The van der Waals surface area contributed by atoms with Crippen LogP contribution in [0.5, 0.6) is 0 Å². The number of carbonyl (C=O) groups excluding carboxylic acids is 1. The first-order chi connectivity index (χ1) is 16.0. The molecular weight excluding hydrogens is 426 g/mol. The number of anilines is 2. The SMILES string of the molecule is O=C(Nc1ccc(F)cc1)c1ccc(N(Cc2ccc(B(O)O)cn2)Cc2ccco2)nc1. The monoisotopic (exact) mass is 446 g/mol. The minimum atomic E-state index is -1.58. The molecule has 0 spiro atoms. The molecule has 1 amide bonds. The molecule has 4 aromatic rings. The van der Waals surface area contributed by atoms with Crippen LogP contribution in [0.1, 0.15) is 21.8 Å². The van der Waals surface area contributed by atoms with E-state index in [0.29, 0.717) is 41.3 Å². The van der Waals surface area contributed by atoms with Crippen molar-refractivity contribution >= 4 is 30.0 Å². The quantitative estimate of drug-likeness (QED) is 0.357. The van der Waals surface area contributed by atoms with Crippen molar-refractivity contribution in [3.63, 3.8) is 0 Å². The van der Waals surface area contributed by atoms with Gasteiger partial charge in [-0.25, -0.2) is 9.37 Å². The molecule has 0 aliphatic rings. The van der Waals surface area contributed by atoms with Gasteiger partial charge in [0.05, 0.1) is 30.6 Å². The summed E-state index contributed by atoms with van der Waals surface area (Å²) < 4.78 is 18.5. The van der Waals surface area contributed by atoms with E-state index in [9.17, 15) is 19.2 Å². The molecule has 0 bridgehead atoms. The standard InChI is InChI=1S/C23H20BFN4O4/c25-18-5-8-19(9-6-18)28-23(30)16-3-10-22(27-12-16)29(15-21-2-1-11-33-21)14-20-7-4-17(13-26-20)24(31)32/h1-13,31-32H,14-15H2,(H,28,30). The molecule has 0 atom stereocenters. The Morgan fingerprint density at radius 1 is 1.00 bits per heavy atom. The average Bonchev–Trinajstić information content (AvgIpc) is 3.34. The van der Waals surface area contributed by atoms with E-state index >= 15 is 0 Å². The number of hydrogen-bond acceptors (Lipinski definition) is 7. The molecule has 33 heavy (non-hydrogen) atoms. The molecular formula is C23H20BFN4O4. The Hall–Kier alpha value is -4.02. The van der Waals surface area contributed by atoms with Gasteiger partial charge in [-0.05, 0) is 54.6 Å². The predicted octanol–water partition coefficient (Wildman–Crippen LogP) is 2.35. The highest BCUT2D eigenvalue weighted by Gasteiger charge is 2.16. The Balaban J connectivity index is 1.51. The van der Waals surface area contributed by atoms with Crippen LogP contribution < -0.4 is 15.7 Å². The molecule has 0 aliphatic heterocycles. The van der Waals surface area contributed by atoms with Crippen molar-refractivity contribution in [1.82, 2.24) is 9.97 Å². The highest BCUT2D eigenvalue weighted by atomic mass is 19.1. The van der Waals surface area contributed by atoms with E-state index in [-0.39, 0.29) is 11.7 Å². The summed E-state index contributed by atoms with van der Waals surface area (Å²) in [5.41, 5.74) is 1.81. The smallest absolute Gasteiger partial charge is 0.467 e. The van der Waals surface area contributed by atoms with E-state index in [1.54, 1.807) is 36.6 Å². The normalized spacial score (nSPS) is 10.6. The zero-order valence-corrected chi connectivity index (χ0v) is 17.4. The summed E-state index contributed by atoms with van der Waals surface area (Å²) in [7, 11) is -1.58. The number of furan rings is 1. The Morgan fingerprint density at radius 2 is 1.82 bits per heavy atom. The molecule has 0 saturated carbocycles. The summed E-state index contributed by atoms with van der Waals surface area (Å²) in [6.07, 6.45) is 4.45. The topological polar surface area (TPSA) is 112 Å². The van der Waals surface area contributed by atoms with Crippen molar-refractivity contribution in [1.29, 1.82) is 0 Å². The zero-order valence-electron chi connectivity index (χ0n) is 17.4. The minimum absolute atomic E-state index is 0.297. The lowest BCUT2D eigenvalue weighted by molar-refractivity contribution is 0.102. The number of nitrogens with one attached hydrogen (secondary N) is 1. The van der Waals surface area contributed by atoms with E-state index in [4.69, 9.17) is 4.42 Å². The van der Waals surface area contributed by atoms with Crippen LogP contribution >= 0.6 is 0 Å². The van der Waals surface area contributed by atoms with Crippen molar-refractivity contribution in [2.45, 2.75) is 13.1 Å². The molecule has 166 valence electrons. The highest BCUT2D eigenvalue weighted by molar-refractivity contribution is 6.58. The number of nitrogens with zero attached hydrogens (tertiary/aromatic N) is 3. The Bertz CT molecular complexity index is 1180. The fourth-order valence-electron chi connectivity index (χ4n) is 3.13. The summed E-state index contributed by atoms with van der Waals surface area (Å²) >= 11 is 0. The second-order valence-electron chi connectivity index (χ2n) is 7.26. The van der Waals surface area contributed by atoms with E-state index in [1.165, 1.54) is 36.7 Å². The summed E-state index contributed by atoms with van der Waals surface area (Å²) in [6.45, 7) is 0.782. The molecule has 0 unspecified atom stereocenters. The lowest BCUT2D eigenvalue weighted by Crippen LogP contribution is -2.30. The van der Waals surface area contributed by atoms with Crippen LogP contribution in [0.25, 0.3) is 0 Å². The number of rotatable bonds is 8. The first kappa shape index (κ1) is 22.2. The highest BCUT2D eigenvalue weighted by Crippen LogP contribution is 2.19. The molecule has 0 fully saturated rings. The van der Waals surface area contributed by atoms with Crippen molar-refractivity contribution in [3.8, 4) is 0 Å². The van der Waals surface area contributed by atoms with Gasteiger partial charge in [0.15, 0.2) is 0 Å². The van der Waals surface area contributed by atoms with Gasteiger partial charge in [-0.2, -0.15) is 0 Å². The van der Waals surface area contributed by atoms with Gasteiger partial charge >= 0.3 is 7.12 Å². The Kier molecular flexibility index (Phi) is 6.77. The molecule has 8 nitrogen and oxygen atoms in total. The van der Waals surface area contributed by atoms with Gasteiger partial charge in [-0.3, -0.25) is 9.78 Å². The first-order valence-electron chi connectivity index (χ1n) is 10.1. The van der Waals surface area contributed by atoms with Crippen molar-refractivity contribution in [2.24, 2.45) is 0 Å². The zero-order chi connectivity index (χ0) is 23.2. The number of halogens is 1. The van der Waals surface area contributed by atoms with Crippen LogP contribution in [0.2, 0.25) is 0 Å². The second kappa shape index (κ2) is 10.1. The molecule has 3 heterocycles. The van der Waals surface area contributed by atoms with Crippen molar-refractivity contribution < 1.29 is 23.7 Å². The van der Waals surface area contributed by atoms with E-state index in [2.05, 4.69) is 15.3 Å². The van der Waals surface area contributed by atoms with Crippen LogP contribution in [0.15, 0.2) is 83.7 Å². The van der Waals surface area contributed by atoms with Gasteiger partial charge in [0.1, 0.15) is 17.4 Å². The minimum Gasteiger partial charge on any atom is -0.467 e. The lowest BCUT2D eigenvalue weighted by atomic mass is 9.82. The second-order valence-corrected chi connectivity index (χ2v) is 7.26. The number of carbonyl (C=O) groups is 1. The number of aromatic nitrogens is 2. The Morgan fingerprint density at radius 3 is 2.42 bits per heavy atom. The maximum absolute atomic E-state index is 13.1. The van der Waals surface area contributed by atoms with Crippen LogP contribution in [0.3, 0.4) is 0 Å². The number of pyridine rings is 2.